The first kappa shape index (κ1) is 20.8. The van der Waals surface area contributed by atoms with Gasteiger partial charge in [0.2, 0.25) is 0 Å². The van der Waals surface area contributed by atoms with Gasteiger partial charge in [-0.15, -0.1) is 0 Å². The molecule has 156 valence electrons. The maximum absolute atomic E-state index is 12.7. The van der Waals surface area contributed by atoms with Gasteiger partial charge in [-0.25, -0.2) is 4.79 Å². The third-order valence-corrected chi connectivity index (χ3v) is 6.06. The van der Waals surface area contributed by atoms with E-state index in [1.54, 1.807) is 12.3 Å². The van der Waals surface area contributed by atoms with Crippen LogP contribution in [0.5, 0.6) is 0 Å². The van der Waals surface area contributed by atoms with E-state index in [1.165, 1.54) is 0 Å². The number of Topliss-reactive ketones (excluding diaryl/α,β-unsaturated/α-hetero) is 1. The molecule has 1 aromatic heterocycles. The smallest absolute Gasteiger partial charge is 0.411 e. The van der Waals surface area contributed by atoms with E-state index in [-0.39, 0.29) is 18.3 Å². The summed E-state index contributed by atoms with van der Waals surface area (Å²) in [6.07, 6.45) is 2.72. The van der Waals surface area contributed by atoms with Crippen molar-refractivity contribution in [3.8, 4) is 0 Å². The van der Waals surface area contributed by atoms with Crippen LogP contribution in [0.25, 0.3) is 11.0 Å². The molecule has 7 nitrogen and oxygen atoms in total. The Morgan fingerprint density at radius 3 is 2.70 bits per heavy atom. The molecule has 1 saturated heterocycles. The van der Waals surface area contributed by atoms with E-state index < -0.39 is 6.09 Å². The number of piperidine rings is 1. The predicted octanol–water partition coefficient (Wildman–Crippen LogP) is 4.58. The lowest BCUT2D eigenvalue weighted by Crippen LogP contribution is -2.38. The number of hydrogen-bond donors (Lipinski definition) is 1. The van der Waals surface area contributed by atoms with Crippen LogP contribution >= 0.6 is 22.6 Å². The number of aromatic nitrogens is 1. The van der Waals surface area contributed by atoms with E-state index in [1.807, 2.05) is 36.4 Å². The number of ether oxygens (including phenoxy) is 1. The van der Waals surface area contributed by atoms with Crippen LogP contribution in [0, 0.1) is 9.49 Å². The van der Waals surface area contributed by atoms with E-state index in [4.69, 9.17) is 9.26 Å². The van der Waals surface area contributed by atoms with Crippen LogP contribution in [0.15, 0.2) is 53.2 Å². The lowest BCUT2D eigenvalue weighted by Gasteiger charge is -2.31. The second kappa shape index (κ2) is 9.57. The normalized spacial score (nSPS) is 15.2. The van der Waals surface area contributed by atoms with Crippen molar-refractivity contribution in [3.63, 3.8) is 0 Å². The first-order chi connectivity index (χ1) is 14.6. The van der Waals surface area contributed by atoms with Gasteiger partial charge in [0.05, 0.1) is 11.9 Å². The molecular formula is C22H22IN3O4. The number of nitrogens with zero attached hydrogens (tertiary/aromatic N) is 2. The molecule has 4 rings (SSSR count). The third-order valence-electron chi connectivity index (χ3n) is 5.35. The van der Waals surface area contributed by atoms with Crippen molar-refractivity contribution in [2.24, 2.45) is 5.92 Å². The molecular weight excluding hydrogens is 497 g/mol. The number of rotatable bonds is 6. The molecule has 1 N–H and O–H groups in total. The zero-order valence-corrected chi connectivity index (χ0v) is 18.5. The number of hydrogen-bond acceptors (Lipinski definition) is 6. The average molecular weight is 519 g/mol. The van der Waals surface area contributed by atoms with Gasteiger partial charge < -0.3 is 9.26 Å². The number of benzene rings is 2. The fraction of sp³-hybridized carbons (Fsp3) is 0.318. The lowest BCUT2D eigenvalue weighted by molar-refractivity contribution is 0.0813. The van der Waals surface area contributed by atoms with Crippen LogP contribution in [0.3, 0.4) is 0 Å². The highest BCUT2D eigenvalue weighted by atomic mass is 127. The minimum atomic E-state index is -0.525. The molecule has 0 unspecified atom stereocenters. The number of amides is 1. The standard InChI is InChI=1S/C22H22IN3O4/c23-18-6-4-15(5-7-18)20(27)16-8-10-26(11-9-16)12-13-29-22(28)25-19-3-1-2-17-14-24-30-21(17)19/h1-7,14,16H,8-13H2,(H,25,28). The van der Waals surface area contributed by atoms with Gasteiger partial charge in [0, 0.05) is 27.0 Å². The molecule has 0 radical (unpaired) electrons. The van der Waals surface area contributed by atoms with Gasteiger partial charge in [0.25, 0.3) is 0 Å². The Bertz CT molecular complexity index is 1030. The molecule has 1 aliphatic rings. The van der Waals surface area contributed by atoms with Crippen LogP contribution in [-0.4, -0.2) is 48.2 Å². The van der Waals surface area contributed by atoms with Gasteiger partial charge in [-0.2, -0.15) is 0 Å². The monoisotopic (exact) mass is 519 g/mol. The van der Waals surface area contributed by atoms with E-state index in [0.717, 1.165) is 40.5 Å². The van der Waals surface area contributed by atoms with Crippen LogP contribution in [0.4, 0.5) is 10.5 Å². The van der Waals surface area contributed by atoms with Crippen LogP contribution < -0.4 is 5.32 Å². The van der Waals surface area contributed by atoms with Crippen LogP contribution in [0.1, 0.15) is 23.2 Å². The number of fused-ring (bicyclic) bond motifs is 1. The molecule has 8 heteroatoms. The highest BCUT2D eigenvalue weighted by Gasteiger charge is 2.25. The molecule has 0 bridgehead atoms. The Morgan fingerprint density at radius 1 is 1.17 bits per heavy atom. The summed E-state index contributed by atoms with van der Waals surface area (Å²) >= 11 is 2.24. The predicted molar refractivity (Wildman–Crippen MR) is 122 cm³/mol. The van der Waals surface area contributed by atoms with Gasteiger partial charge in [0.1, 0.15) is 6.61 Å². The number of carbonyl (C=O) groups excluding carboxylic acids is 2. The summed E-state index contributed by atoms with van der Waals surface area (Å²) in [5, 5.41) is 7.25. The molecule has 2 heterocycles. The fourth-order valence-corrected chi connectivity index (χ4v) is 4.03. The molecule has 0 atom stereocenters. The number of carbonyl (C=O) groups is 2. The van der Waals surface area contributed by atoms with E-state index >= 15 is 0 Å². The van der Waals surface area contributed by atoms with Crippen LogP contribution in [0.2, 0.25) is 0 Å². The van der Waals surface area contributed by atoms with Crippen molar-refractivity contribution in [2.45, 2.75) is 12.8 Å². The Morgan fingerprint density at radius 2 is 1.93 bits per heavy atom. The number of para-hydroxylation sites is 1. The van der Waals surface area contributed by atoms with Crippen molar-refractivity contribution < 1.29 is 18.8 Å². The van der Waals surface area contributed by atoms with Gasteiger partial charge in [-0.3, -0.25) is 15.0 Å². The number of halogens is 1. The maximum Gasteiger partial charge on any atom is 0.411 e. The molecule has 1 amide bonds. The van der Waals surface area contributed by atoms with Crippen molar-refractivity contribution in [3.05, 3.63) is 57.8 Å². The van der Waals surface area contributed by atoms with Crippen molar-refractivity contribution >= 4 is 51.1 Å². The van der Waals surface area contributed by atoms with E-state index in [2.05, 4.69) is 38.0 Å². The van der Waals surface area contributed by atoms with Crippen molar-refractivity contribution in [1.29, 1.82) is 0 Å². The third kappa shape index (κ3) is 4.99. The van der Waals surface area contributed by atoms with Crippen molar-refractivity contribution in [2.75, 3.05) is 31.6 Å². The number of anilines is 1. The Kier molecular flexibility index (Phi) is 6.63. The second-order valence-electron chi connectivity index (χ2n) is 7.30. The topological polar surface area (TPSA) is 84.7 Å². The SMILES string of the molecule is O=C(Nc1cccc2cnoc12)OCCN1CCC(C(=O)c2ccc(I)cc2)CC1. The van der Waals surface area contributed by atoms with E-state index in [0.29, 0.717) is 17.8 Å². The first-order valence-corrected chi connectivity index (χ1v) is 11.0. The molecule has 3 aromatic rings. The number of nitrogens with one attached hydrogen (secondary N) is 1. The number of ketones is 1. The molecule has 0 saturated carbocycles. The molecule has 0 spiro atoms. The highest BCUT2D eigenvalue weighted by Crippen LogP contribution is 2.24. The zero-order chi connectivity index (χ0) is 20.9. The fourth-order valence-electron chi connectivity index (χ4n) is 3.67. The highest BCUT2D eigenvalue weighted by molar-refractivity contribution is 14.1. The summed E-state index contributed by atoms with van der Waals surface area (Å²) in [6.45, 7) is 2.57. The summed E-state index contributed by atoms with van der Waals surface area (Å²) in [6, 6.07) is 13.2. The minimum Gasteiger partial charge on any atom is -0.448 e. The molecule has 1 fully saturated rings. The summed E-state index contributed by atoms with van der Waals surface area (Å²) in [5.41, 5.74) is 1.84. The molecule has 30 heavy (non-hydrogen) atoms. The zero-order valence-electron chi connectivity index (χ0n) is 16.3. The van der Waals surface area contributed by atoms with Gasteiger partial charge in [-0.05, 0) is 72.8 Å². The summed E-state index contributed by atoms with van der Waals surface area (Å²) in [7, 11) is 0. The van der Waals surface area contributed by atoms with Crippen LogP contribution in [-0.2, 0) is 4.74 Å². The average Bonchev–Trinajstić information content (AvgIpc) is 3.24. The van der Waals surface area contributed by atoms with Gasteiger partial charge >= 0.3 is 6.09 Å². The van der Waals surface area contributed by atoms with Crippen molar-refractivity contribution in [1.82, 2.24) is 10.1 Å². The summed E-state index contributed by atoms with van der Waals surface area (Å²) < 4.78 is 11.6. The summed E-state index contributed by atoms with van der Waals surface area (Å²) in [4.78, 5) is 27.0. The quantitative estimate of drug-likeness (QED) is 0.380. The Hall–Kier alpha value is -2.46. The Balaban J connectivity index is 1.19. The van der Waals surface area contributed by atoms with Gasteiger partial charge in [0.15, 0.2) is 11.4 Å². The molecule has 2 aromatic carbocycles. The largest absolute Gasteiger partial charge is 0.448 e. The molecule has 0 aliphatic carbocycles. The Labute approximate surface area is 187 Å². The molecule has 1 aliphatic heterocycles. The maximum atomic E-state index is 12.7. The second-order valence-corrected chi connectivity index (χ2v) is 8.54. The summed E-state index contributed by atoms with van der Waals surface area (Å²) in [5.74, 6) is 0.288. The van der Waals surface area contributed by atoms with E-state index in [9.17, 15) is 9.59 Å². The first-order valence-electron chi connectivity index (χ1n) is 9.89. The lowest BCUT2D eigenvalue weighted by atomic mass is 9.89. The van der Waals surface area contributed by atoms with Gasteiger partial charge in [-0.1, -0.05) is 23.4 Å². The number of likely N-dealkylation sites (tertiary alicyclic amines) is 1. The minimum absolute atomic E-state index is 0.0629.